The molecule has 0 saturated carbocycles. The van der Waals surface area contributed by atoms with Crippen LogP contribution in [0, 0.1) is 6.92 Å². The van der Waals surface area contributed by atoms with E-state index < -0.39 is 35.7 Å². The number of aryl methyl sites for hydroxylation is 1. The van der Waals surface area contributed by atoms with Crippen molar-refractivity contribution in [2.24, 2.45) is 10.1 Å². The smallest absolute Gasteiger partial charge is 0.374 e. The van der Waals surface area contributed by atoms with E-state index in [0.29, 0.717) is 11.6 Å². The largest absolute Gasteiger partial charge is 0.435 e. The lowest BCUT2D eigenvalue weighted by Gasteiger charge is -2.32. The van der Waals surface area contributed by atoms with Crippen LogP contribution in [0.5, 0.6) is 0 Å². The van der Waals surface area contributed by atoms with Gasteiger partial charge in [0.1, 0.15) is 5.71 Å². The van der Waals surface area contributed by atoms with E-state index in [0.717, 1.165) is 14.0 Å². The minimum Gasteiger partial charge on any atom is -0.374 e. The van der Waals surface area contributed by atoms with E-state index in [4.69, 9.17) is 0 Å². The van der Waals surface area contributed by atoms with E-state index in [9.17, 15) is 31.1 Å². The highest BCUT2D eigenvalue weighted by molar-refractivity contribution is 6.09. The van der Waals surface area contributed by atoms with Crippen LogP contribution in [-0.2, 0) is 4.84 Å². The fraction of sp³-hybridized carbons (Fsp3) is 0.421. The summed E-state index contributed by atoms with van der Waals surface area (Å²) in [4.78, 5) is 19.4. The summed E-state index contributed by atoms with van der Waals surface area (Å²) in [7, 11) is 0.756. The van der Waals surface area contributed by atoms with Gasteiger partial charge in [0.2, 0.25) is 0 Å². The molecule has 1 heterocycles. The van der Waals surface area contributed by atoms with Crippen LogP contribution in [0.4, 0.5) is 26.3 Å². The Labute approximate surface area is 162 Å². The van der Waals surface area contributed by atoms with E-state index in [2.05, 4.69) is 15.0 Å². The summed E-state index contributed by atoms with van der Waals surface area (Å²) in [6.07, 6.45) is -10.6. The summed E-state index contributed by atoms with van der Waals surface area (Å²) in [6, 6.07) is 4.30. The molecule has 1 aliphatic heterocycles. The van der Waals surface area contributed by atoms with Gasteiger partial charge in [-0.2, -0.15) is 26.3 Å². The van der Waals surface area contributed by atoms with Crippen molar-refractivity contribution < 1.29 is 36.0 Å². The molecule has 0 N–H and O–H groups in total. The van der Waals surface area contributed by atoms with Crippen molar-refractivity contribution in [3.05, 3.63) is 46.5 Å². The number of benzene rings is 1. The fourth-order valence-electron chi connectivity index (χ4n) is 3.18. The van der Waals surface area contributed by atoms with Gasteiger partial charge in [0.15, 0.2) is 5.78 Å². The Kier molecular flexibility index (Phi) is 5.97. The first-order valence-corrected chi connectivity index (χ1v) is 8.43. The molecule has 1 aliphatic rings. The summed E-state index contributed by atoms with van der Waals surface area (Å²) in [5.41, 5.74) is -5.39. The fourth-order valence-corrected chi connectivity index (χ4v) is 3.18. The standard InChI is InChI=1S/C19H18F6N2O2/c1-5-14(16(26-4)18(20,21)22)17(19(23,24)25)9-15(27-29-17)12-7-6-10(2)13(8-12)11(3)28/h5-8H,9H2,1-4H3/b14-5+,26-16?. The van der Waals surface area contributed by atoms with Crippen LogP contribution >= 0.6 is 0 Å². The number of carbonyl (C=O) groups is 1. The topological polar surface area (TPSA) is 51.0 Å². The molecule has 0 aliphatic carbocycles. The van der Waals surface area contributed by atoms with E-state index in [1.54, 1.807) is 6.92 Å². The normalized spacial score (nSPS) is 21.1. The zero-order chi connectivity index (χ0) is 22.2. The molecule has 0 aromatic heterocycles. The van der Waals surface area contributed by atoms with Crippen LogP contribution in [0.15, 0.2) is 40.0 Å². The van der Waals surface area contributed by atoms with Gasteiger partial charge in [-0.05, 0) is 32.4 Å². The Morgan fingerprint density at radius 3 is 2.31 bits per heavy atom. The maximum atomic E-state index is 14.0. The van der Waals surface area contributed by atoms with Gasteiger partial charge < -0.3 is 4.84 Å². The average Bonchev–Trinajstić information content (AvgIpc) is 3.04. The molecule has 1 aromatic carbocycles. The highest BCUT2D eigenvalue weighted by Crippen LogP contribution is 2.48. The van der Waals surface area contributed by atoms with Gasteiger partial charge >= 0.3 is 12.4 Å². The van der Waals surface area contributed by atoms with Crippen LogP contribution in [0.3, 0.4) is 0 Å². The summed E-state index contributed by atoms with van der Waals surface area (Å²) in [5.74, 6) is -0.308. The number of aliphatic imine (C=N–C) groups is 1. The van der Waals surface area contributed by atoms with E-state index in [1.807, 2.05) is 0 Å². The SMILES string of the molecule is C/C=C(\C(=NC)C(F)(F)F)C1(C(F)(F)F)CC(c2ccc(C)c(C(C)=O)c2)=NO1. The molecule has 0 amide bonds. The number of ketones is 1. The third kappa shape index (κ3) is 4.06. The minimum absolute atomic E-state index is 0.157. The number of rotatable bonds is 4. The second kappa shape index (κ2) is 7.64. The van der Waals surface area contributed by atoms with Crippen molar-refractivity contribution in [2.75, 3.05) is 7.05 Å². The number of nitrogens with zero attached hydrogens (tertiary/aromatic N) is 2. The number of hydrogen-bond acceptors (Lipinski definition) is 4. The summed E-state index contributed by atoms with van der Waals surface area (Å²) >= 11 is 0. The molecule has 4 nitrogen and oxygen atoms in total. The number of halogens is 6. The van der Waals surface area contributed by atoms with Gasteiger partial charge in [-0.15, -0.1) is 0 Å². The van der Waals surface area contributed by atoms with Crippen molar-refractivity contribution in [1.82, 2.24) is 0 Å². The number of allylic oxidation sites excluding steroid dienone is 1. The lowest BCUT2D eigenvalue weighted by Crippen LogP contribution is -2.51. The monoisotopic (exact) mass is 420 g/mol. The Morgan fingerprint density at radius 1 is 1.24 bits per heavy atom. The van der Waals surface area contributed by atoms with Gasteiger partial charge in [-0.3, -0.25) is 9.79 Å². The van der Waals surface area contributed by atoms with Crippen LogP contribution in [0.25, 0.3) is 0 Å². The van der Waals surface area contributed by atoms with Crippen LogP contribution in [-0.4, -0.2) is 42.2 Å². The molecule has 1 unspecified atom stereocenters. The van der Waals surface area contributed by atoms with Crippen LogP contribution < -0.4 is 0 Å². The van der Waals surface area contributed by atoms with Crippen molar-refractivity contribution in [2.45, 2.75) is 45.1 Å². The summed E-state index contributed by atoms with van der Waals surface area (Å²) < 4.78 is 81.9. The maximum Gasteiger partial charge on any atom is 0.435 e. The van der Waals surface area contributed by atoms with Gasteiger partial charge in [0.05, 0.1) is 12.1 Å². The van der Waals surface area contributed by atoms with Gasteiger partial charge in [-0.25, -0.2) is 0 Å². The van der Waals surface area contributed by atoms with Crippen LogP contribution in [0.2, 0.25) is 0 Å². The van der Waals surface area contributed by atoms with E-state index in [1.165, 1.54) is 25.1 Å². The third-order valence-electron chi connectivity index (χ3n) is 4.61. The zero-order valence-corrected chi connectivity index (χ0v) is 16.0. The quantitative estimate of drug-likeness (QED) is 0.382. The molecule has 0 radical (unpaired) electrons. The van der Waals surface area contributed by atoms with Crippen molar-refractivity contribution in [3.8, 4) is 0 Å². The predicted octanol–water partition coefficient (Wildman–Crippen LogP) is 5.20. The molecule has 0 fully saturated rings. The predicted molar refractivity (Wildman–Crippen MR) is 95.4 cm³/mol. The lowest BCUT2D eigenvalue weighted by molar-refractivity contribution is -0.251. The molecule has 1 aromatic rings. The molecule has 0 spiro atoms. The molecule has 10 heteroatoms. The Bertz CT molecular complexity index is 912. The highest BCUT2D eigenvalue weighted by atomic mass is 19.4. The lowest BCUT2D eigenvalue weighted by atomic mass is 9.83. The molecule has 1 atom stereocenters. The number of oxime groups is 1. The third-order valence-corrected chi connectivity index (χ3v) is 4.61. The highest BCUT2D eigenvalue weighted by Gasteiger charge is 2.66. The molecular formula is C19H18F6N2O2. The summed E-state index contributed by atoms with van der Waals surface area (Å²) in [6.45, 7) is 3.99. The maximum absolute atomic E-state index is 14.0. The van der Waals surface area contributed by atoms with Crippen molar-refractivity contribution in [1.29, 1.82) is 0 Å². The minimum atomic E-state index is -5.21. The van der Waals surface area contributed by atoms with Gasteiger partial charge in [0, 0.05) is 23.7 Å². The molecule has 0 bridgehead atoms. The van der Waals surface area contributed by atoms with Crippen molar-refractivity contribution in [3.63, 3.8) is 0 Å². The molecule has 0 saturated heterocycles. The molecule has 29 heavy (non-hydrogen) atoms. The first-order chi connectivity index (χ1) is 13.3. The first kappa shape index (κ1) is 22.6. The second-order valence-corrected chi connectivity index (χ2v) is 6.49. The van der Waals surface area contributed by atoms with Crippen LogP contribution in [0.1, 0.15) is 41.8 Å². The van der Waals surface area contributed by atoms with E-state index in [-0.39, 0.29) is 22.6 Å². The molecule has 158 valence electrons. The zero-order valence-electron chi connectivity index (χ0n) is 16.0. The Hall–Kier alpha value is -2.65. The number of carbonyl (C=O) groups excluding carboxylic acids is 1. The number of hydrogen-bond donors (Lipinski definition) is 0. The number of alkyl halides is 6. The molecular weight excluding hydrogens is 402 g/mol. The Morgan fingerprint density at radius 2 is 1.86 bits per heavy atom. The van der Waals surface area contributed by atoms with Crippen molar-refractivity contribution >= 4 is 17.2 Å². The first-order valence-electron chi connectivity index (χ1n) is 8.43. The average molecular weight is 420 g/mol. The Balaban J connectivity index is 2.56. The summed E-state index contributed by atoms with van der Waals surface area (Å²) in [5, 5.41) is 3.45. The van der Waals surface area contributed by atoms with E-state index >= 15 is 0 Å². The number of Topliss-reactive ketones (excluding diaryl/α,β-unsaturated/α-hetero) is 1. The molecule has 2 rings (SSSR count). The van der Waals surface area contributed by atoms with Gasteiger partial charge in [0.25, 0.3) is 5.60 Å². The second-order valence-electron chi connectivity index (χ2n) is 6.49. The van der Waals surface area contributed by atoms with Gasteiger partial charge in [-0.1, -0.05) is 23.4 Å².